The van der Waals surface area contributed by atoms with E-state index in [2.05, 4.69) is 50.4 Å². The maximum absolute atomic E-state index is 3.64. The molecule has 0 radical (unpaired) electrons. The van der Waals surface area contributed by atoms with Gasteiger partial charge in [-0.25, -0.2) is 0 Å². The molecule has 0 saturated heterocycles. The molecule has 1 aromatic rings. The van der Waals surface area contributed by atoms with Gasteiger partial charge in [0.2, 0.25) is 0 Å². The standard InChI is InChI=1S/C19H31N/c1-4-12-20-14-18-9-6-15(3)13-19(18)17-10-7-16(5-2)8-11-17/h7-8,10-11,15,18-20H,4-6,9,12-14H2,1-3H3. The molecular formula is C19H31N. The molecule has 1 aromatic carbocycles. The van der Waals surface area contributed by atoms with E-state index in [9.17, 15) is 0 Å². The molecule has 3 unspecified atom stereocenters. The van der Waals surface area contributed by atoms with E-state index < -0.39 is 0 Å². The van der Waals surface area contributed by atoms with Crippen molar-refractivity contribution in [1.82, 2.24) is 5.32 Å². The first-order valence-corrected chi connectivity index (χ1v) is 8.54. The molecule has 0 aromatic heterocycles. The van der Waals surface area contributed by atoms with E-state index >= 15 is 0 Å². The normalized spacial score (nSPS) is 26.6. The Morgan fingerprint density at radius 2 is 1.85 bits per heavy atom. The van der Waals surface area contributed by atoms with Crippen LogP contribution in [0.2, 0.25) is 0 Å². The Morgan fingerprint density at radius 1 is 1.10 bits per heavy atom. The van der Waals surface area contributed by atoms with Gasteiger partial charge in [0, 0.05) is 0 Å². The van der Waals surface area contributed by atoms with Gasteiger partial charge in [-0.15, -0.1) is 0 Å². The number of aryl methyl sites for hydroxylation is 1. The fourth-order valence-electron chi connectivity index (χ4n) is 3.56. The van der Waals surface area contributed by atoms with Crippen molar-refractivity contribution < 1.29 is 0 Å². The average Bonchev–Trinajstić information content (AvgIpc) is 2.49. The monoisotopic (exact) mass is 273 g/mol. The van der Waals surface area contributed by atoms with E-state index in [0.717, 1.165) is 30.7 Å². The summed E-state index contributed by atoms with van der Waals surface area (Å²) >= 11 is 0. The molecule has 1 heteroatoms. The number of hydrogen-bond donors (Lipinski definition) is 1. The van der Waals surface area contributed by atoms with Crippen molar-refractivity contribution in [1.29, 1.82) is 0 Å². The zero-order valence-electron chi connectivity index (χ0n) is 13.5. The molecular weight excluding hydrogens is 242 g/mol. The van der Waals surface area contributed by atoms with Crippen molar-refractivity contribution in [3.05, 3.63) is 35.4 Å². The fourth-order valence-corrected chi connectivity index (χ4v) is 3.56. The summed E-state index contributed by atoms with van der Waals surface area (Å²) in [6.45, 7) is 9.25. The molecule has 3 atom stereocenters. The maximum Gasteiger partial charge on any atom is -0.00147 e. The summed E-state index contributed by atoms with van der Waals surface area (Å²) in [6.07, 6.45) is 6.53. The van der Waals surface area contributed by atoms with Gasteiger partial charge in [0.05, 0.1) is 0 Å². The summed E-state index contributed by atoms with van der Waals surface area (Å²) in [5.41, 5.74) is 3.02. The third kappa shape index (κ3) is 4.09. The number of rotatable bonds is 6. The molecule has 1 fully saturated rings. The van der Waals surface area contributed by atoms with Crippen molar-refractivity contribution in [2.45, 2.75) is 58.8 Å². The van der Waals surface area contributed by atoms with Crippen LogP contribution in [0.5, 0.6) is 0 Å². The predicted octanol–water partition coefficient (Wildman–Crippen LogP) is 4.77. The van der Waals surface area contributed by atoms with Crippen LogP contribution in [0.4, 0.5) is 0 Å². The highest BCUT2D eigenvalue weighted by atomic mass is 14.9. The van der Waals surface area contributed by atoms with Crippen molar-refractivity contribution in [3.63, 3.8) is 0 Å². The Bertz CT molecular complexity index is 381. The van der Waals surface area contributed by atoms with Crippen LogP contribution in [0.25, 0.3) is 0 Å². The van der Waals surface area contributed by atoms with E-state index in [1.54, 1.807) is 5.56 Å². The molecule has 0 amide bonds. The van der Waals surface area contributed by atoms with Crippen molar-refractivity contribution in [3.8, 4) is 0 Å². The highest BCUT2D eigenvalue weighted by Crippen LogP contribution is 2.40. The molecule has 0 bridgehead atoms. The Balaban J connectivity index is 2.05. The topological polar surface area (TPSA) is 12.0 Å². The lowest BCUT2D eigenvalue weighted by molar-refractivity contribution is 0.242. The minimum Gasteiger partial charge on any atom is -0.316 e. The average molecular weight is 273 g/mol. The minimum atomic E-state index is 0.758. The van der Waals surface area contributed by atoms with Gasteiger partial charge in [-0.2, -0.15) is 0 Å². The third-order valence-electron chi connectivity index (χ3n) is 4.91. The summed E-state index contributed by atoms with van der Waals surface area (Å²) in [5.74, 6) is 2.47. The largest absolute Gasteiger partial charge is 0.316 e. The first kappa shape index (κ1) is 15.6. The Kier molecular flexibility index (Phi) is 6.09. The van der Waals surface area contributed by atoms with Crippen LogP contribution in [0, 0.1) is 11.8 Å². The number of benzene rings is 1. The van der Waals surface area contributed by atoms with E-state index in [-0.39, 0.29) is 0 Å². The quantitative estimate of drug-likeness (QED) is 0.736. The van der Waals surface area contributed by atoms with Gasteiger partial charge in [-0.1, -0.05) is 51.5 Å². The summed E-state index contributed by atoms with van der Waals surface area (Å²) in [7, 11) is 0. The first-order valence-electron chi connectivity index (χ1n) is 8.54. The molecule has 1 aliphatic rings. The van der Waals surface area contributed by atoms with Crippen LogP contribution >= 0.6 is 0 Å². The van der Waals surface area contributed by atoms with Gasteiger partial charge in [0.1, 0.15) is 0 Å². The Morgan fingerprint density at radius 3 is 2.50 bits per heavy atom. The van der Waals surface area contributed by atoms with Gasteiger partial charge in [-0.05, 0) is 67.7 Å². The van der Waals surface area contributed by atoms with Crippen molar-refractivity contribution in [2.75, 3.05) is 13.1 Å². The number of nitrogens with one attached hydrogen (secondary N) is 1. The SMILES string of the molecule is CCCNCC1CCC(C)CC1c1ccc(CC)cc1. The summed E-state index contributed by atoms with van der Waals surface area (Å²) in [5, 5.41) is 3.64. The molecule has 0 spiro atoms. The van der Waals surface area contributed by atoms with Crippen LogP contribution < -0.4 is 5.32 Å². The second-order valence-electron chi connectivity index (χ2n) is 6.58. The minimum absolute atomic E-state index is 0.758. The highest BCUT2D eigenvalue weighted by Gasteiger charge is 2.29. The maximum atomic E-state index is 3.64. The first-order chi connectivity index (χ1) is 9.74. The van der Waals surface area contributed by atoms with Crippen LogP contribution in [0.1, 0.15) is 63.5 Å². The number of hydrogen-bond acceptors (Lipinski definition) is 1. The van der Waals surface area contributed by atoms with E-state index in [4.69, 9.17) is 0 Å². The van der Waals surface area contributed by atoms with Crippen molar-refractivity contribution >= 4 is 0 Å². The van der Waals surface area contributed by atoms with Gasteiger partial charge in [0.15, 0.2) is 0 Å². The molecule has 20 heavy (non-hydrogen) atoms. The van der Waals surface area contributed by atoms with Gasteiger partial charge in [-0.3, -0.25) is 0 Å². The molecule has 1 aliphatic carbocycles. The predicted molar refractivity (Wildman–Crippen MR) is 88.2 cm³/mol. The molecule has 112 valence electrons. The van der Waals surface area contributed by atoms with Gasteiger partial charge in [0.25, 0.3) is 0 Å². The smallest absolute Gasteiger partial charge is 0.00147 e. The highest BCUT2D eigenvalue weighted by molar-refractivity contribution is 5.26. The molecule has 2 rings (SSSR count). The molecule has 0 heterocycles. The third-order valence-corrected chi connectivity index (χ3v) is 4.91. The zero-order valence-corrected chi connectivity index (χ0v) is 13.5. The van der Waals surface area contributed by atoms with Gasteiger partial charge < -0.3 is 5.32 Å². The second-order valence-corrected chi connectivity index (χ2v) is 6.58. The summed E-state index contributed by atoms with van der Waals surface area (Å²) < 4.78 is 0. The second kappa shape index (κ2) is 7.83. The van der Waals surface area contributed by atoms with E-state index in [1.165, 1.54) is 37.8 Å². The molecule has 0 aliphatic heterocycles. The van der Waals surface area contributed by atoms with Crippen LogP contribution in [-0.4, -0.2) is 13.1 Å². The fraction of sp³-hybridized carbons (Fsp3) is 0.684. The Labute approximate surface area is 125 Å². The van der Waals surface area contributed by atoms with E-state index in [1.807, 2.05) is 0 Å². The van der Waals surface area contributed by atoms with Crippen LogP contribution in [0.15, 0.2) is 24.3 Å². The summed E-state index contributed by atoms with van der Waals surface area (Å²) in [6, 6.07) is 9.42. The lowest BCUT2D eigenvalue weighted by Crippen LogP contribution is -2.31. The lowest BCUT2D eigenvalue weighted by Gasteiger charge is -2.35. The Hall–Kier alpha value is -0.820. The molecule has 1 nitrogen and oxygen atoms in total. The van der Waals surface area contributed by atoms with E-state index in [0.29, 0.717) is 0 Å². The summed E-state index contributed by atoms with van der Waals surface area (Å²) in [4.78, 5) is 0. The lowest BCUT2D eigenvalue weighted by atomic mass is 9.71. The molecule has 1 saturated carbocycles. The molecule has 1 N–H and O–H groups in total. The van der Waals surface area contributed by atoms with Gasteiger partial charge >= 0.3 is 0 Å². The van der Waals surface area contributed by atoms with Crippen molar-refractivity contribution in [2.24, 2.45) is 11.8 Å². The van der Waals surface area contributed by atoms with Crippen LogP contribution in [-0.2, 0) is 6.42 Å². The zero-order chi connectivity index (χ0) is 14.4. The van der Waals surface area contributed by atoms with Crippen LogP contribution in [0.3, 0.4) is 0 Å².